The number of methoxy groups -OCH3 is 1. The first-order valence-corrected chi connectivity index (χ1v) is 7.69. The quantitative estimate of drug-likeness (QED) is 0.754. The van der Waals surface area contributed by atoms with E-state index in [9.17, 15) is 4.79 Å². The molecule has 4 N–H and O–H groups in total. The Hall–Kier alpha value is -1.43. The van der Waals surface area contributed by atoms with Crippen molar-refractivity contribution in [3.05, 3.63) is 4.88 Å². The molecule has 5 nitrogen and oxygen atoms in total. The molecule has 1 saturated carbocycles. The van der Waals surface area contributed by atoms with Crippen LogP contribution in [0.2, 0.25) is 0 Å². The van der Waals surface area contributed by atoms with Crippen molar-refractivity contribution >= 4 is 27.9 Å². The second kappa shape index (κ2) is 5.52. The molecule has 20 heavy (non-hydrogen) atoms. The van der Waals surface area contributed by atoms with E-state index in [1.165, 1.54) is 24.2 Å². The normalized spacial score (nSPS) is 16.1. The highest BCUT2D eigenvalue weighted by Gasteiger charge is 2.45. The molecule has 0 aromatic carbocycles. The minimum absolute atomic E-state index is 0.177. The highest BCUT2D eigenvalue weighted by atomic mass is 32.1. The number of nitrogens with one attached hydrogen (secondary N) is 2. The second-order valence-corrected chi connectivity index (χ2v) is 6.68. The SMILES string of the molecule is CNC(=O)c1sc(NCC2(C(C)C)CC2)c(OC)c1N. The van der Waals surface area contributed by atoms with Crippen LogP contribution in [0.25, 0.3) is 0 Å². The first kappa shape index (κ1) is 15.0. The summed E-state index contributed by atoms with van der Waals surface area (Å²) in [5.41, 5.74) is 6.79. The zero-order chi connectivity index (χ0) is 14.9. The fraction of sp³-hybridized carbons (Fsp3) is 0.643. The average Bonchev–Trinajstić information content (AvgIpc) is 3.15. The van der Waals surface area contributed by atoms with E-state index in [1.807, 2.05) is 0 Å². The Morgan fingerprint density at radius 2 is 2.15 bits per heavy atom. The molecule has 1 aliphatic carbocycles. The minimum Gasteiger partial charge on any atom is -0.492 e. The van der Waals surface area contributed by atoms with Crippen molar-refractivity contribution < 1.29 is 9.53 Å². The molecule has 0 aliphatic heterocycles. The number of nitrogen functional groups attached to an aromatic ring is 1. The lowest BCUT2D eigenvalue weighted by Gasteiger charge is -2.20. The zero-order valence-electron chi connectivity index (χ0n) is 12.5. The average molecular weight is 297 g/mol. The van der Waals surface area contributed by atoms with Crippen LogP contribution in [0.1, 0.15) is 36.4 Å². The van der Waals surface area contributed by atoms with Gasteiger partial charge in [0, 0.05) is 13.6 Å². The van der Waals surface area contributed by atoms with Gasteiger partial charge in [0.15, 0.2) is 5.75 Å². The van der Waals surface area contributed by atoms with Crippen molar-refractivity contribution in [3.63, 3.8) is 0 Å². The number of anilines is 2. The summed E-state index contributed by atoms with van der Waals surface area (Å²) in [5, 5.41) is 6.86. The zero-order valence-corrected chi connectivity index (χ0v) is 13.3. The number of carbonyl (C=O) groups excluding carboxylic acids is 1. The fourth-order valence-corrected chi connectivity index (χ4v) is 3.44. The maximum atomic E-state index is 11.8. The summed E-state index contributed by atoms with van der Waals surface area (Å²) >= 11 is 1.35. The van der Waals surface area contributed by atoms with Crippen LogP contribution >= 0.6 is 11.3 Å². The van der Waals surface area contributed by atoms with Gasteiger partial charge in [-0.1, -0.05) is 13.8 Å². The van der Waals surface area contributed by atoms with Crippen LogP contribution < -0.4 is 21.1 Å². The Labute approximate surface area is 123 Å². The Morgan fingerprint density at radius 3 is 2.60 bits per heavy atom. The van der Waals surface area contributed by atoms with E-state index in [1.54, 1.807) is 14.2 Å². The van der Waals surface area contributed by atoms with E-state index in [-0.39, 0.29) is 5.91 Å². The molecule has 0 atom stereocenters. The van der Waals surface area contributed by atoms with Gasteiger partial charge in [-0.3, -0.25) is 4.79 Å². The number of hydrogen-bond acceptors (Lipinski definition) is 5. The van der Waals surface area contributed by atoms with Gasteiger partial charge < -0.3 is 21.1 Å². The molecule has 1 aliphatic rings. The molecule has 0 spiro atoms. The van der Waals surface area contributed by atoms with E-state index in [0.717, 1.165) is 11.5 Å². The third-order valence-electron chi connectivity index (χ3n) is 4.25. The molecular weight excluding hydrogens is 274 g/mol. The van der Waals surface area contributed by atoms with Gasteiger partial charge in [0.2, 0.25) is 0 Å². The van der Waals surface area contributed by atoms with Crippen LogP contribution in [0.5, 0.6) is 5.75 Å². The molecule has 1 fully saturated rings. The fourth-order valence-electron chi connectivity index (χ4n) is 2.41. The Morgan fingerprint density at radius 1 is 1.50 bits per heavy atom. The molecule has 1 aromatic heterocycles. The summed E-state index contributed by atoms with van der Waals surface area (Å²) in [6, 6.07) is 0. The predicted molar refractivity (Wildman–Crippen MR) is 83.7 cm³/mol. The smallest absolute Gasteiger partial charge is 0.263 e. The number of carbonyl (C=O) groups is 1. The minimum atomic E-state index is -0.177. The standard InChI is InChI=1S/C14H23N3O2S/c1-8(2)14(5-6-14)7-17-13-10(19-4)9(15)11(20-13)12(18)16-3/h8,17H,5-7,15H2,1-4H3,(H,16,18). The van der Waals surface area contributed by atoms with Gasteiger partial charge in [0.25, 0.3) is 5.91 Å². The Kier molecular flexibility index (Phi) is 4.13. The number of thiophene rings is 1. The maximum Gasteiger partial charge on any atom is 0.263 e. The number of rotatable bonds is 6. The van der Waals surface area contributed by atoms with Gasteiger partial charge in [-0.05, 0) is 24.2 Å². The molecule has 0 radical (unpaired) electrons. The monoisotopic (exact) mass is 297 g/mol. The van der Waals surface area contributed by atoms with Gasteiger partial charge >= 0.3 is 0 Å². The Balaban J connectivity index is 2.17. The third-order valence-corrected chi connectivity index (χ3v) is 5.40. The first-order chi connectivity index (χ1) is 9.45. The van der Waals surface area contributed by atoms with E-state index < -0.39 is 0 Å². The van der Waals surface area contributed by atoms with Crippen LogP contribution in [0.4, 0.5) is 10.7 Å². The van der Waals surface area contributed by atoms with Crippen molar-refractivity contribution in [2.24, 2.45) is 11.3 Å². The maximum absolute atomic E-state index is 11.8. The molecule has 1 amide bonds. The summed E-state index contributed by atoms with van der Waals surface area (Å²) in [6.07, 6.45) is 2.51. The molecule has 1 aromatic rings. The number of amides is 1. The van der Waals surface area contributed by atoms with Crippen LogP contribution in [-0.4, -0.2) is 26.6 Å². The third kappa shape index (κ3) is 2.57. The van der Waals surface area contributed by atoms with E-state index >= 15 is 0 Å². The van der Waals surface area contributed by atoms with Crippen molar-refractivity contribution in [3.8, 4) is 5.75 Å². The lowest BCUT2D eigenvalue weighted by atomic mass is 9.92. The second-order valence-electron chi connectivity index (χ2n) is 5.66. The molecule has 6 heteroatoms. The summed E-state index contributed by atoms with van der Waals surface area (Å²) in [4.78, 5) is 12.3. The molecule has 0 bridgehead atoms. The van der Waals surface area contributed by atoms with Gasteiger partial charge in [-0.2, -0.15) is 0 Å². The lowest BCUT2D eigenvalue weighted by Crippen LogP contribution is -2.20. The van der Waals surface area contributed by atoms with Crippen LogP contribution in [0.3, 0.4) is 0 Å². The molecule has 0 unspecified atom stereocenters. The van der Waals surface area contributed by atoms with Crippen LogP contribution in [0, 0.1) is 11.3 Å². The van der Waals surface area contributed by atoms with Crippen LogP contribution in [-0.2, 0) is 0 Å². The molecule has 0 saturated heterocycles. The molecular formula is C14H23N3O2S. The Bertz CT molecular complexity index is 507. The summed E-state index contributed by atoms with van der Waals surface area (Å²) in [6.45, 7) is 5.41. The van der Waals surface area contributed by atoms with Crippen molar-refractivity contribution in [1.82, 2.24) is 5.32 Å². The van der Waals surface area contributed by atoms with Gasteiger partial charge in [0.1, 0.15) is 15.6 Å². The highest BCUT2D eigenvalue weighted by molar-refractivity contribution is 7.19. The van der Waals surface area contributed by atoms with Gasteiger partial charge in [0.05, 0.1) is 7.11 Å². The van der Waals surface area contributed by atoms with Gasteiger partial charge in [-0.25, -0.2) is 0 Å². The summed E-state index contributed by atoms with van der Waals surface area (Å²) < 4.78 is 5.34. The van der Waals surface area contributed by atoms with E-state index in [2.05, 4.69) is 24.5 Å². The van der Waals surface area contributed by atoms with Crippen LogP contribution in [0.15, 0.2) is 0 Å². The molecule has 1 heterocycles. The number of hydrogen-bond donors (Lipinski definition) is 3. The topological polar surface area (TPSA) is 76.4 Å². The van der Waals surface area contributed by atoms with E-state index in [4.69, 9.17) is 10.5 Å². The molecule has 112 valence electrons. The number of nitrogens with two attached hydrogens (primary N) is 1. The van der Waals surface area contributed by atoms with Gasteiger partial charge in [-0.15, -0.1) is 11.3 Å². The highest BCUT2D eigenvalue weighted by Crippen LogP contribution is 2.52. The number of ether oxygens (including phenoxy) is 1. The molecule has 2 rings (SSSR count). The van der Waals surface area contributed by atoms with Crippen molar-refractivity contribution in [2.75, 3.05) is 31.8 Å². The van der Waals surface area contributed by atoms with Crippen molar-refractivity contribution in [2.45, 2.75) is 26.7 Å². The predicted octanol–water partition coefficient (Wildman–Crippen LogP) is 2.55. The van der Waals surface area contributed by atoms with Crippen molar-refractivity contribution in [1.29, 1.82) is 0 Å². The largest absolute Gasteiger partial charge is 0.492 e. The summed E-state index contributed by atoms with van der Waals surface area (Å²) in [7, 11) is 3.17. The van der Waals surface area contributed by atoms with E-state index in [0.29, 0.717) is 27.6 Å². The lowest BCUT2D eigenvalue weighted by molar-refractivity contribution is 0.0967. The first-order valence-electron chi connectivity index (χ1n) is 6.87. The summed E-state index contributed by atoms with van der Waals surface area (Å²) in [5.74, 6) is 1.05.